The SMILES string of the molecule is Cc1cc(C)cc(-c2n(C)c(-c3ccccc3C)c[n+]2-c2c(C)cccc2C(C)C)c1. The third-order valence-corrected chi connectivity index (χ3v) is 6.19. The maximum absolute atomic E-state index is 2.42. The first-order chi connectivity index (χ1) is 14.8. The quantitative estimate of drug-likeness (QED) is 0.321. The standard InChI is InChI=1S/C29H33N2/c1-19(2)25-14-10-12-23(6)28(25)31-18-27(26-13-9-8-11-22(26)5)30(7)29(31)24-16-20(3)15-21(4)17-24/h8-19H,1-7H3/q+1. The van der Waals surface area contributed by atoms with E-state index in [1.807, 2.05) is 0 Å². The van der Waals surface area contributed by atoms with Gasteiger partial charge in [0.05, 0.1) is 12.6 Å². The lowest BCUT2D eigenvalue weighted by molar-refractivity contribution is -0.583. The lowest BCUT2D eigenvalue weighted by atomic mass is 9.97. The van der Waals surface area contributed by atoms with Crippen LogP contribution in [0.3, 0.4) is 0 Å². The Morgan fingerprint density at radius 2 is 1.42 bits per heavy atom. The van der Waals surface area contributed by atoms with Crippen LogP contribution in [0.15, 0.2) is 66.9 Å². The van der Waals surface area contributed by atoms with Crippen LogP contribution in [-0.2, 0) is 7.05 Å². The van der Waals surface area contributed by atoms with Crippen LogP contribution >= 0.6 is 0 Å². The number of nitrogens with zero attached hydrogens (tertiary/aromatic N) is 2. The minimum atomic E-state index is 0.441. The third kappa shape index (κ3) is 3.83. The van der Waals surface area contributed by atoms with Gasteiger partial charge in [-0.25, -0.2) is 4.57 Å². The molecule has 3 aromatic carbocycles. The second-order valence-electron chi connectivity index (χ2n) is 9.13. The summed E-state index contributed by atoms with van der Waals surface area (Å²) in [7, 11) is 2.19. The van der Waals surface area contributed by atoms with Gasteiger partial charge in [-0.15, -0.1) is 0 Å². The largest absolute Gasteiger partial charge is 0.294 e. The molecule has 0 radical (unpaired) electrons. The molecule has 0 amide bonds. The predicted octanol–water partition coefficient (Wildman–Crippen LogP) is 6.99. The molecule has 1 heterocycles. The number of benzene rings is 3. The van der Waals surface area contributed by atoms with Crippen LogP contribution in [0.1, 0.15) is 47.6 Å². The van der Waals surface area contributed by atoms with Crippen LogP contribution in [0.25, 0.3) is 28.3 Å². The zero-order chi connectivity index (χ0) is 22.3. The summed E-state index contributed by atoms with van der Waals surface area (Å²) in [5, 5.41) is 0. The van der Waals surface area contributed by atoms with Crippen LogP contribution in [0.4, 0.5) is 0 Å². The fraction of sp³-hybridized carbons (Fsp3) is 0.276. The zero-order valence-electron chi connectivity index (χ0n) is 19.8. The molecule has 0 aliphatic heterocycles. The first-order valence-electron chi connectivity index (χ1n) is 11.1. The molecule has 2 heteroatoms. The lowest BCUT2D eigenvalue weighted by Crippen LogP contribution is -2.34. The summed E-state index contributed by atoms with van der Waals surface area (Å²) in [6.07, 6.45) is 2.32. The van der Waals surface area contributed by atoms with Gasteiger partial charge in [0.1, 0.15) is 11.9 Å². The van der Waals surface area contributed by atoms with Gasteiger partial charge in [0, 0.05) is 11.1 Å². The highest BCUT2D eigenvalue weighted by Crippen LogP contribution is 2.31. The van der Waals surface area contributed by atoms with Crippen molar-refractivity contribution in [2.24, 2.45) is 7.05 Å². The highest BCUT2D eigenvalue weighted by atomic mass is 15.2. The van der Waals surface area contributed by atoms with Crippen LogP contribution in [0.5, 0.6) is 0 Å². The Morgan fingerprint density at radius 1 is 0.774 bits per heavy atom. The molecule has 4 aromatic rings. The number of imidazole rings is 1. The van der Waals surface area contributed by atoms with Crippen molar-refractivity contribution in [1.29, 1.82) is 0 Å². The molecule has 0 aliphatic carbocycles. The average Bonchev–Trinajstić information content (AvgIpc) is 3.04. The van der Waals surface area contributed by atoms with E-state index in [0.717, 1.165) is 0 Å². The van der Waals surface area contributed by atoms with Crippen molar-refractivity contribution in [2.45, 2.75) is 47.5 Å². The van der Waals surface area contributed by atoms with Crippen LogP contribution in [0.2, 0.25) is 0 Å². The summed E-state index contributed by atoms with van der Waals surface area (Å²) in [6.45, 7) is 13.3. The molecule has 0 saturated carbocycles. The minimum absolute atomic E-state index is 0.441. The van der Waals surface area contributed by atoms with E-state index in [4.69, 9.17) is 0 Å². The van der Waals surface area contributed by atoms with Crippen LogP contribution in [-0.4, -0.2) is 4.57 Å². The molecular formula is C29H33N2+. The maximum Gasteiger partial charge on any atom is 0.294 e. The normalized spacial score (nSPS) is 11.4. The van der Waals surface area contributed by atoms with Crippen molar-refractivity contribution in [2.75, 3.05) is 0 Å². The fourth-order valence-electron chi connectivity index (χ4n) is 4.74. The summed E-state index contributed by atoms with van der Waals surface area (Å²) in [5.74, 6) is 1.65. The first-order valence-corrected chi connectivity index (χ1v) is 11.1. The van der Waals surface area contributed by atoms with Crippen molar-refractivity contribution in [3.8, 4) is 28.3 Å². The molecule has 1 aromatic heterocycles. The second-order valence-corrected chi connectivity index (χ2v) is 9.13. The Bertz CT molecular complexity index is 1240. The third-order valence-electron chi connectivity index (χ3n) is 6.19. The van der Waals surface area contributed by atoms with Gasteiger partial charge in [-0.2, -0.15) is 4.57 Å². The number of rotatable bonds is 4. The van der Waals surface area contributed by atoms with Crippen molar-refractivity contribution >= 4 is 0 Å². The van der Waals surface area contributed by atoms with Crippen LogP contribution < -0.4 is 4.57 Å². The van der Waals surface area contributed by atoms with Crippen molar-refractivity contribution in [3.05, 3.63) is 94.7 Å². The van der Waals surface area contributed by atoms with Gasteiger partial charge >= 0.3 is 0 Å². The van der Waals surface area contributed by atoms with Crippen molar-refractivity contribution in [1.82, 2.24) is 4.57 Å². The average molecular weight is 410 g/mol. The molecule has 0 saturated heterocycles. The second kappa shape index (κ2) is 8.19. The smallest absolute Gasteiger partial charge is 0.225 e. The minimum Gasteiger partial charge on any atom is -0.225 e. The molecule has 4 rings (SSSR count). The van der Waals surface area contributed by atoms with E-state index in [-0.39, 0.29) is 0 Å². The maximum atomic E-state index is 2.42. The molecular weight excluding hydrogens is 376 g/mol. The number of aromatic nitrogens is 2. The van der Waals surface area contributed by atoms with Crippen molar-refractivity contribution in [3.63, 3.8) is 0 Å². The Hall–Kier alpha value is -3.13. The molecule has 0 fully saturated rings. The van der Waals surface area contributed by atoms with Crippen LogP contribution in [0, 0.1) is 27.7 Å². The first kappa shape index (κ1) is 21.1. The van der Waals surface area contributed by atoms with E-state index >= 15 is 0 Å². The van der Waals surface area contributed by atoms with Gasteiger partial charge in [0.15, 0.2) is 5.69 Å². The van der Waals surface area contributed by atoms with Gasteiger partial charge in [-0.3, -0.25) is 0 Å². The van der Waals surface area contributed by atoms with E-state index in [1.54, 1.807) is 0 Å². The molecule has 0 aliphatic rings. The molecule has 0 N–H and O–H groups in total. The van der Waals surface area contributed by atoms with Gasteiger partial charge in [0.25, 0.3) is 5.82 Å². The molecule has 31 heavy (non-hydrogen) atoms. The molecule has 158 valence electrons. The zero-order valence-corrected chi connectivity index (χ0v) is 19.8. The number of hydrogen-bond acceptors (Lipinski definition) is 0. The Kier molecular flexibility index (Phi) is 5.58. The van der Waals surface area contributed by atoms with Gasteiger partial charge < -0.3 is 0 Å². The summed E-state index contributed by atoms with van der Waals surface area (Å²) in [6, 6.07) is 22.2. The summed E-state index contributed by atoms with van der Waals surface area (Å²) < 4.78 is 4.77. The molecule has 0 atom stereocenters. The van der Waals surface area contributed by atoms with E-state index in [0.29, 0.717) is 5.92 Å². The van der Waals surface area contributed by atoms with E-state index < -0.39 is 0 Å². The van der Waals surface area contributed by atoms with E-state index in [1.165, 1.54) is 56.1 Å². The summed E-state index contributed by atoms with van der Waals surface area (Å²) in [5.41, 5.74) is 11.6. The highest BCUT2D eigenvalue weighted by molar-refractivity contribution is 5.67. The topological polar surface area (TPSA) is 8.81 Å². The van der Waals surface area contributed by atoms with E-state index in [2.05, 4.69) is 125 Å². The fourth-order valence-corrected chi connectivity index (χ4v) is 4.74. The number of hydrogen-bond donors (Lipinski definition) is 0. The predicted molar refractivity (Wildman–Crippen MR) is 131 cm³/mol. The molecule has 0 bridgehead atoms. The van der Waals surface area contributed by atoms with E-state index in [9.17, 15) is 0 Å². The summed E-state index contributed by atoms with van der Waals surface area (Å²) in [4.78, 5) is 0. The van der Waals surface area contributed by atoms with Crippen molar-refractivity contribution < 1.29 is 4.57 Å². The Morgan fingerprint density at radius 3 is 2.06 bits per heavy atom. The van der Waals surface area contributed by atoms with Gasteiger partial charge in [-0.1, -0.05) is 62.4 Å². The Balaban J connectivity index is 2.11. The summed E-state index contributed by atoms with van der Waals surface area (Å²) >= 11 is 0. The highest BCUT2D eigenvalue weighted by Gasteiger charge is 2.28. The number of para-hydroxylation sites is 1. The molecule has 0 unspecified atom stereocenters. The molecule has 2 nitrogen and oxygen atoms in total. The van der Waals surface area contributed by atoms with Gasteiger partial charge in [-0.05, 0) is 68.0 Å². The monoisotopic (exact) mass is 409 g/mol. The lowest BCUT2D eigenvalue weighted by Gasteiger charge is -2.14. The molecule has 0 spiro atoms. The Labute approximate surface area is 186 Å². The van der Waals surface area contributed by atoms with Gasteiger partial charge in [0.2, 0.25) is 0 Å². The number of aryl methyl sites for hydroxylation is 4.